The van der Waals surface area contributed by atoms with Crippen LogP contribution in [0.5, 0.6) is 0 Å². The molecular weight excluding hydrogens is 881 g/mol. The van der Waals surface area contributed by atoms with Gasteiger partial charge in [-0.1, -0.05) is 84.9 Å². The third-order valence-electron chi connectivity index (χ3n) is 13.5. The van der Waals surface area contributed by atoms with E-state index in [4.69, 9.17) is 4.98 Å². The molecule has 0 aliphatic rings. The maximum atomic E-state index is 9.89. The Balaban J connectivity index is 1.11. The Bertz CT molecular complexity index is 4230. The summed E-state index contributed by atoms with van der Waals surface area (Å²) in [6.07, 6.45) is 1.93. The molecule has 0 fully saturated rings. The van der Waals surface area contributed by atoms with Crippen molar-refractivity contribution < 1.29 is 0 Å². The first-order valence-electron chi connectivity index (χ1n) is 23.1. The molecule has 8 nitrogen and oxygen atoms in total. The number of aromatic nitrogens is 3. The molecule has 0 saturated heterocycles. The summed E-state index contributed by atoms with van der Waals surface area (Å²) >= 11 is 0. The summed E-state index contributed by atoms with van der Waals surface area (Å²) in [5, 5.41) is 53.0. The van der Waals surface area contributed by atoms with Crippen LogP contribution in [0.3, 0.4) is 0 Å². The van der Waals surface area contributed by atoms with E-state index in [9.17, 15) is 26.3 Å². The Morgan fingerprint density at radius 2 is 0.611 bits per heavy atom. The number of hydrogen-bond donors (Lipinski definition) is 0. The average Bonchev–Trinajstić information content (AvgIpc) is 3.96. The number of nitrogens with zero attached hydrogens (tertiary/aromatic N) is 8. The standard InChI is InChI=1S/C64H34N8/c65-34-40-13-15-45(16-14-40)54-33-64(72-61-23-19-52(48-11-3-7-43(27-48)37-68)31-57(61)58-32-53(20-24-62(58)72)49-12-4-8-44(28-49)38-69)70-39-63(54)71-59-21-17-50(46-9-1-5-41(25-46)35-66)29-55(59)56-30-51(18-22-60(56)71)47-10-2-6-42(26-47)36-67/h1-33,39H. The van der Waals surface area contributed by atoms with Crippen molar-refractivity contribution in [2.75, 3.05) is 0 Å². The van der Waals surface area contributed by atoms with Gasteiger partial charge in [0, 0.05) is 27.1 Å². The van der Waals surface area contributed by atoms with Gasteiger partial charge in [0.15, 0.2) is 0 Å². The minimum Gasteiger partial charge on any atom is -0.307 e. The third-order valence-corrected chi connectivity index (χ3v) is 13.5. The highest BCUT2D eigenvalue weighted by Crippen LogP contribution is 2.42. The Hall–Kier alpha value is -10.8. The summed E-state index contributed by atoms with van der Waals surface area (Å²) in [4.78, 5) is 5.34. The Morgan fingerprint density at radius 3 is 0.958 bits per heavy atom. The van der Waals surface area contributed by atoms with Gasteiger partial charge in [-0.15, -0.1) is 0 Å². The normalized spacial score (nSPS) is 11.0. The molecule has 0 amide bonds. The zero-order valence-corrected chi connectivity index (χ0v) is 38.2. The largest absolute Gasteiger partial charge is 0.307 e. The molecule has 330 valence electrons. The van der Waals surface area contributed by atoms with Crippen molar-refractivity contribution in [3.05, 3.63) is 234 Å². The van der Waals surface area contributed by atoms with Crippen LogP contribution in [0.1, 0.15) is 27.8 Å². The van der Waals surface area contributed by atoms with Crippen molar-refractivity contribution in [2.45, 2.75) is 0 Å². The minimum atomic E-state index is 0.544. The van der Waals surface area contributed by atoms with Gasteiger partial charge in [0.2, 0.25) is 0 Å². The number of nitriles is 5. The monoisotopic (exact) mass is 914 g/mol. The summed E-state index contributed by atoms with van der Waals surface area (Å²) in [6.45, 7) is 0. The molecule has 0 bridgehead atoms. The van der Waals surface area contributed by atoms with Gasteiger partial charge < -0.3 is 4.57 Å². The van der Waals surface area contributed by atoms with E-state index in [1.807, 2.05) is 103 Å². The number of benzene rings is 9. The predicted octanol–water partition coefficient (Wildman–Crippen LogP) is 15.0. The van der Waals surface area contributed by atoms with Gasteiger partial charge in [-0.25, -0.2) is 4.98 Å². The number of fused-ring (bicyclic) bond motifs is 6. The topological polar surface area (TPSA) is 142 Å². The van der Waals surface area contributed by atoms with Gasteiger partial charge in [-0.3, -0.25) is 4.57 Å². The lowest BCUT2D eigenvalue weighted by Crippen LogP contribution is -2.03. The van der Waals surface area contributed by atoms with Crippen molar-refractivity contribution in [3.63, 3.8) is 0 Å². The molecule has 0 spiro atoms. The summed E-state index contributed by atoms with van der Waals surface area (Å²) in [5.74, 6) is 0.677. The van der Waals surface area contributed by atoms with Gasteiger partial charge in [0.05, 0.1) is 92.1 Å². The van der Waals surface area contributed by atoms with Crippen LogP contribution >= 0.6 is 0 Å². The van der Waals surface area contributed by atoms with Crippen molar-refractivity contribution in [3.8, 4) is 97.5 Å². The molecule has 0 atom stereocenters. The highest BCUT2D eigenvalue weighted by molar-refractivity contribution is 6.13. The van der Waals surface area contributed by atoms with E-state index >= 15 is 0 Å². The maximum absolute atomic E-state index is 9.89. The minimum absolute atomic E-state index is 0.544. The molecule has 0 saturated carbocycles. The lowest BCUT2D eigenvalue weighted by atomic mass is 9.99. The van der Waals surface area contributed by atoms with Crippen LogP contribution in [0, 0.1) is 56.7 Å². The Labute approximate surface area is 413 Å². The fourth-order valence-electron chi connectivity index (χ4n) is 10.0. The molecule has 12 rings (SSSR count). The second kappa shape index (κ2) is 17.4. The van der Waals surface area contributed by atoms with Crippen molar-refractivity contribution in [1.82, 2.24) is 14.1 Å². The number of rotatable bonds is 7. The van der Waals surface area contributed by atoms with Crippen LogP contribution in [-0.2, 0) is 0 Å². The van der Waals surface area contributed by atoms with Crippen LogP contribution in [-0.4, -0.2) is 14.1 Å². The molecule has 72 heavy (non-hydrogen) atoms. The van der Waals surface area contributed by atoms with E-state index in [0.29, 0.717) is 33.6 Å². The average molecular weight is 915 g/mol. The second-order valence-corrected chi connectivity index (χ2v) is 17.6. The van der Waals surface area contributed by atoms with Gasteiger partial charge in [-0.2, -0.15) is 26.3 Å². The van der Waals surface area contributed by atoms with Crippen LogP contribution in [0.4, 0.5) is 0 Å². The quantitative estimate of drug-likeness (QED) is 0.156. The lowest BCUT2D eigenvalue weighted by molar-refractivity contribution is 1.06. The van der Waals surface area contributed by atoms with Crippen molar-refractivity contribution in [1.29, 1.82) is 26.3 Å². The fraction of sp³-hybridized carbons (Fsp3) is 0. The molecule has 3 aromatic heterocycles. The number of pyridine rings is 1. The van der Waals surface area contributed by atoms with E-state index in [1.165, 1.54) is 0 Å². The molecule has 0 aliphatic heterocycles. The third kappa shape index (κ3) is 7.25. The molecule has 0 radical (unpaired) electrons. The fourth-order valence-corrected chi connectivity index (χ4v) is 10.0. The first-order chi connectivity index (χ1) is 35.4. The highest BCUT2D eigenvalue weighted by atomic mass is 15.1. The maximum Gasteiger partial charge on any atom is 0.138 e. The Kier molecular flexibility index (Phi) is 10.3. The van der Waals surface area contributed by atoms with E-state index in [-0.39, 0.29) is 0 Å². The molecule has 0 aliphatic carbocycles. The molecule has 9 aromatic carbocycles. The van der Waals surface area contributed by atoms with Gasteiger partial charge in [-0.05, 0) is 165 Å². The van der Waals surface area contributed by atoms with Gasteiger partial charge in [0.1, 0.15) is 5.82 Å². The smallest absolute Gasteiger partial charge is 0.138 e. The predicted molar refractivity (Wildman–Crippen MR) is 284 cm³/mol. The zero-order valence-electron chi connectivity index (χ0n) is 38.2. The first kappa shape index (κ1) is 42.5. The van der Waals surface area contributed by atoms with E-state index < -0.39 is 0 Å². The van der Waals surface area contributed by atoms with Crippen molar-refractivity contribution in [2.24, 2.45) is 0 Å². The lowest BCUT2D eigenvalue weighted by Gasteiger charge is -2.17. The van der Waals surface area contributed by atoms with E-state index in [1.54, 1.807) is 24.3 Å². The molecule has 12 aromatic rings. The molecule has 0 N–H and O–H groups in total. The molecular formula is C64H34N8. The van der Waals surface area contributed by atoms with Gasteiger partial charge in [0.25, 0.3) is 0 Å². The summed E-state index contributed by atoms with van der Waals surface area (Å²) in [7, 11) is 0. The SMILES string of the molecule is N#Cc1ccc(-c2cc(-n3c4ccc(-c5cccc(C#N)c5)cc4c4cc(-c5cccc(C#N)c5)ccc43)ncc2-n2c3ccc(-c4cccc(C#N)c4)cc3c3cc(-c4cccc(C#N)c4)ccc32)cc1. The van der Waals surface area contributed by atoms with E-state index in [2.05, 4.69) is 118 Å². The van der Waals surface area contributed by atoms with Crippen LogP contribution < -0.4 is 0 Å². The summed E-state index contributed by atoms with van der Waals surface area (Å²) in [6, 6.07) is 77.1. The van der Waals surface area contributed by atoms with Gasteiger partial charge >= 0.3 is 0 Å². The molecule has 3 heterocycles. The zero-order chi connectivity index (χ0) is 48.9. The van der Waals surface area contributed by atoms with E-state index in [0.717, 1.165) is 105 Å². The van der Waals surface area contributed by atoms with Crippen molar-refractivity contribution >= 4 is 43.6 Å². The number of hydrogen-bond acceptors (Lipinski definition) is 6. The second-order valence-electron chi connectivity index (χ2n) is 17.6. The summed E-state index contributed by atoms with van der Waals surface area (Å²) < 4.78 is 4.43. The first-order valence-corrected chi connectivity index (χ1v) is 23.1. The molecule has 0 unspecified atom stereocenters. The van der Waals surface area contributed by atoms with Crippen LogP contribution in [0.15, 0.2) is 206 Å². The highest BCUT2D eigenvalue weighted by Gasteiger charge is 2.22. The summed E-state index contributed by atoms with van der Waals surface area (Å²) in [5.41, 5.74) is 16.7. The van der Waals surface area contributed by atoms with Crippen LogP contribution in [0.2, 0.25) is 0 Å². The van der Waals surface area contributed by atoms with Crippen LogP contribution in [0.25, 0.3) is 111 Å². The Morgan fingerprint density at radius 1 is 0.292 bits per heavy atom. The molecule has 8 heteroatoms.